The van der Waals surface area contributed by atoms with Crippen molar-refractivity contribution in [2.24, 2.45) is 0 Å². The molecule has 6 heteroatoms. The van der Waals surface area contributed by atoms with E-state index in [1.54, 1.807) is 4.90 Å². The van der Waals surface area contributed by atoms with E-state index in [-0.39, 0.29) is 18.6 Å². The smallest absolute Gasteiger partial charge is 0.238 e. The van der Waals surface area contributed by atoms with Crippen LogP contribution < -0.4 is 5.32 Å². The van der Waals surface area contributed by atoms with Crippen LogP contribution in [0, 0.1) is 11.6 Å². The van der Waals surface area contributed by atoms with E-state index in [9.17, 15) is 13.6 Å². The molecule has 2 saturated heterocycles. The molecule has 0 spiro atoms. The highest BCUT2D eigenvalue weighted by Crippen LogP contribution is 2.26. The Kier molecular flexibility index (Phi) is 4.17. The van der Waals surface area contributed by atoms with Crippen LogP contribution >= 0.6 is 0 Å². The van der Waals surface area contributed by atoms with Crippen LogP contribution in [-0.2, 0) is 9.53 Å². The average molecular weight is 296 g/mol. The Bertz CT molecular complexity index is 532. The van der Waals surface area contributed by atoms with Crippen molar-refractivity contribution in [3.05, 3.63) is 35.4 Å². The summed E-state index contributed by atoms with van der Waals surface area (Å²) in [5.74, 6) is -1.83. The maximum atomic E-state index is 13.4. The molecule has 21 heavy (non-hydrogen) atoms. The van der Waals surface area contributed by atoms with Crippen molar-refractivity contribution in [3.63, 3.8) is 0 Å². The van der Waals surface area contributed by atoms with Gasteiger partial charge in [-0.3, -0.25) is 10.1 Å². The lowest BCUT2D eigenvalue weighted by Gasteiger charge is -2.31. The Morgan fingerprint density at radius 3 is 2.86 bits per heavy atom. The van der Waals surface area contributed by atoms with Crippen molar-refractivity contribution in [1.29, 1.82) is 0 Å². The van der Waals surface area contributed by atoms with Gasteiger partial charge in [0.05, 0.1) is 12.6 Å². The number of nitrogens with zero attached hydrogens (tertiary/aromatic N) is 1. The molecular formula is C15H18F2N2O2. The van der Waals surface area contributed by atoms with Crippen LogP contribution in [0.4, 0.5) is 8.78 Å². The highest BCUT2D eigenvalue weighted by Gasteiger charge is 2.34. The van der Waals surface area contributed by atoms with E-state index in [0.717, 1.165) is 38.0 Å². The summed E-state index contributed by atoms with van der Waals surface area (Å²) in [4.78, 5) is 13.7. The molecule has 2 aliphatic heterocycles. The molecule has 0 aromatic heterocycles. The fraction of sp³-hybridized carbons (Fsp3) is 0.533. The van der Waals surface area contributed by atoms with Crippen molar-refractivity contribution >= 4 is 5.91 Å². The third-order valence-corrected chi connectivity index (χ3v) is 4.01. The van der Waals surface area contributed by atoms with E-state index in [0.29, 0.717) is 12.1 Å². The van der Waals surface area contributed by atoms with Gasteiger partial charge in [0.15, 0.2) is 11.6 Å². The van der Waals surface area contributed by atoms with Crippen LogP contribution in [0.15, 0.2) is 18.2 Å². The van der Waals surface area contributed by atoms with Gasteiger partial charge in [0.2, 0.25) is 5.91 Å². The lowest BCUT2D eigenvalue weighted by atomic mass is 10.1. The molecule has 2 unspecified atom stereocenters. The second-order valence-corrected chi connectivity index (χ2v) is 5.49. The van der Waals surface area contributed by atoms with Gasteiger partial charge in [-0.25, -0.2) is 8.78 Å². The lowest BCUT2D eigenvalue weighted by Crippen LogP contribution is -2.39. The van der Waals surface area contributed by atoms with Gasteiger partial charge in [-0.05, 0) is 37.0 Å². The Labute approximate surface area is 122 Å². The molecule has 0 aliphatic carbocycles. The maximum absolute atomic E-state index is 13.4. The molecule has 2 atom stereocenters. The Morgan fingerprint density at radius 1 is 1.29 bits per heavy atom. The standard InChI is InChI=1S/C15H18F2N2O2/c16-12-5-4-10(7-13(12)17)15-18-8-14(20)19(15)9-11-3-1-2-6-21-11/h4-5,7,11,15,18H,1-3,6,8-9H2. The van der Waals surface area contributed by atoms with Crippen LogP contribution in [0.25, 0.3) is 0 Å². The first-order valence-electron chi connectivity index (χ1n) is 7.24. The number of hydrogen-bond donors (Lipinski definition) is 1. The number of ether oxygens (including phenoxy) is 1. The van der Waals surface area contributed by atoms with E-state index >= 15 is 0 Å². The van der Waals surface area contributed by atoms with E-state index in [4.69, 9.17) is 4.74 Å². The predicted octanol–water partition coefficient (Wildman–Crippen LogP) is 1.96. The fourth-order valence-electron chi connectivity index (χ4n) is 2.90. The molecule has 0 radical (unpaired) electrons. The molecule has 114 valence electrons. The molecular weight excluding hydrogens is 278 g/mol. The van der Waals surface area contributed by atoms with Gasteiger partial charge in [0.1, 0.15) is 6.17 Å². The summed E-state index contributed by atoms with van der Waals surface area (Å²) in [6.45, 7) is 1.40. The van der Waals surface area contributed by atoms with Crippen molar-refractivity contribution in [2.75, 3.05) is 19.7 Å². The van der Waals surface area contributed by atoms with Gasteiger partial charge in [-0.15, -0.1) is 0 Å². The third-order valence-electron chi connectivity index (χ3n) is 4.01. The largest absolute Gasteiger partial charge is 0.376 e. The van der Waals surface area contributed by atoms with Crippen LogP contribution in [0.1, 0.15) is 31.0 Å². The lowest BCUT2D eigenvalue weighted by molar-refractivity contribution is -0.130. The quantitative estimate of drug-likeness (QED) is 0.927. The monoisotopic (exact) mass is 296 g/mol. The third kappa shape index (κ3) is 3.06. The number of nitrogens with one attached hydrogen (secondary N) is 1. The first-order chi connectivity index (χ1) is 10.1. The maximum Gasteiger partial charge on any atom is 0.238 e. The summed E-state index contributed by atoms with van der Waals surface area (Å²) in [5.41, 5.74) is 0.551. The van der Waals surface area contributed by atoms with Gasteiger partial charge in [-0.1, -0.05) is 6.07 Å². The van der Waals surface area contributed by atoms with Gasteiger partial charge < -0.3 is 9.64 Å². The number of rotatable bonds is 3. The minimum Gasteiger partial charge on any atom is -0.376 e. The molecule has 1 aromatic rings. The highest BCUT2D eigenvalue weighted by atomic mass is 19.2. The van der Waals surface area contributed by atoms with Crippen LogP contribution in [0.2, 0.25) is 0 Å². The molecule has 4 nitrogen and oxygen atoms in total. The summed E-state index contributed by atoms with van der Waals surface area (Å²) in [7, 11) is 0. The number of halogens is 2. The first kappa shape index (κ1) is 14.4. The first-order valence-corrected chi connectivity index (χ1v) is 7.24. The number of carbonyl (C=O) groups is 1. The van der Waals surface area contributed by atoms with E-state index in [1.165, 1.54) is 6.07 Å². The Hall–Kier alpha value is -1.53. The van der Waals surface area contributed by atoms with E-state index in [1.807, 2.05) is 0 Å². The topological polar surface area (TPSA) is 41.6 Å². The minimum atomic E-state index is -0.900. The van der Waals surface area contributed by atoms with Crippen molar-refractivity contribution in [2.45, 2.75) is 31.5 Å². The van der Waals surface area contributed by atoms with Crippen molar-refractivity contribution < 1.29 is 18.3 Å². The van der Waals surface area contributed by atoms with Gasteiger partial charge in [-0.2, -0.15) is 0 Å². The summed E-state index contributed by atoms with van der Waals surface area (Å²) in [6, 6.07) is 3.73. The molecule has 1 N–H and O–H groups in total. The highest BCUT2D eigenvalue weighted by molar-refractivity contribution is 5.81. The Morgan fingerprint density at radius 2 is 2.14 bits per heavy atom. The Balaban J connectivity index is 1.76. The van der Waals surface area contributed by atoms with Crippen LogP contribution in [0.3, 0.4) is 0 Å². The molecule has 3 rings (SSSR count). The summed E-state index contributed by atoms with van der Waals surface area (Å²) < 4.78 is 32.1. The number of hydrogen-bond acceptors (Lipinski definition) is 3. The van der Waals surface area contributed by atoms with E-state index in [2.05, 4.69) is 5.32 Å². The number of carbonyl (C=O) groups excluding carboxylic acids is 1. The molecule has 2 aliphatic rings. The summed E-state index contributed by atoms with van der Waals surface area (Å²) >= 11 is 0. The normalized spacial score (nSPS) is 26.4. The van der Waals surface area contributed by atoms with Crippen LogP contribution in [-0.4, -0.2) is 36.6 Å². The van der Waals surface area contributed by atoms with E-state index < -0.39 is 17.8 Å². The SMILES string of the molecule is O=C1CNC(c2ccc(F)c(F)c2)N1CC1CCCCO1. The fourth-order valence-corrected chi connectivity index (χ4v) is 2.90. The number of amides is 1. The molecule has 2 fully saturated rings. The zero-order valence-electron chi connectivity index (χ0n) is 11.6. The van der Waals surface area contributed by atoms with Gasteiger partial charge >= 0.3 is 0 Å². The van der Waals surface area contributed by atoms with Gasteiger partial charge in [0, 0.05) is 13.2 Å². The summed E-state index contributed by atoms with van der Waals surface area (Å²) in [6.07, 6.45) is 2.67. The van der Waals surface area contributed by atoms with Crippen molar-refractivity contribution in [3.8, 4) is 0 Å². The average Bonchev–Trinajstić information content (AvgIpc) is 2.85. The molecule has 0 saturated carbocycles. The second-order valence-electron chi connectivity index (χ2n) is 5.49. The molecule has 1 amide bonds. The minimum absolute atomic E-state index is 0.0235. The van der Waals surface area contributed by atoms with Crippen molar-refractivity contribution in [1.82, 2.24) is 10.2 Å². The van der Waals surface area contributed by atoms with Gasteiger partial charge in [0.25, 0.3) is 0 Å². The van der Waals surface area contributed by atoms with Crippen LogP contribution in [0.5, 0.6) is 0 Å². The second kappa shape index (κ2) is 6.07. The zero-order valence-corrected chi connectivity index (χ0v) is 11.6. The zero-order chi connectivity index (χ0) is 14.8. The molecule has 0 bridgehead atoms. The number of benzene rings is 1. The molecule has 1 aromatic carbocycles. The predicted molar refractivity (Wildman–Crippen MR) is 72.4 cm³/mol. The summed E-state index contributed by atoms with van der Waals surface area (Å²) in [5, 5.41) is 3.04. The molecule has 2 heterocycles.